The highest BCUT2D eigenvalue weighted by atomic mass is 32.2. The molecule has 0 aliphatic rings. The van der Waals surface area contributed by atoms with E-state index in [1.54, 1.807) is 17.9 Å². The van der Waals surface area contributed by atoms with E-state index in [9.17, 15) is 4.79 Å². The van der Waals surface area contributed by atoms with Crippen LogP contribution in [-0.4, -0.2) is 42.8 Å². The molecule has 21 heavy (non-hydrogen) atoms. The molecule has 0 bridgehead atoms. The second-order valence-corrected chi connectivity index (χ2v) is 5.72. The predicted molar refractivity (Wildman–Crippen MR) is 74.6 cm³/mol. The van der Waals surface area contributed by atoms with Gasteiger partial charge in [-0.25, -0.2) is 9.67 Å². The topological polar surface area (TPSA) is 95.9 Å². The van der Waals surface area contributed by atoms with Crippen molar-refractivity contribution in [3.8, 4) is 0 Å². The SMILES string of the molecule is CCOC(=O)CC[C@H](C)Sc1nnc(Cn2cncn2)o1. The molecule has 1 atom stereocenters. The fraction of sp³-hybridized carbons (Fsp3) is 0.583. The van der Waals surface area contributed by atoms with Gasteiger partial charge >= 0.3 is 5.97 Å². The third kappa shape index (κ3) is 5.18. The normalized spacial score (nSPS) is 12.3. The molecule has 0 unspecified atom stereocenters. The van der Waals surface area contributed by atoms with Crippen LogP contribution in [-0.2, 0) is 16.1 Å². The summed E-state index contributed by atoms with van der Waals surface area (Å²) in [6.45, 7) is 4.61. The van der Waals surface area contributed by atoms with Crippen LogP contribution in [0.15, 0.2) is 22.3 Å². The maximum Gasteiger partial charge on any atom is 0.305 e. The minimum Gasteiger partial charge on any atom is -0.466 e. The predicted octanol–water partition coefficient (Wildman–Crippen LogP) is 1.53. The average Bonchev–Trinajstić information content (AvgIpc) is 3.10. The van der Waals surface area contributed by atoms with Crippen LogP contribution < -0.4 is 0 Å². The maximum atomic E-state index is 11.3. The Labute approximate surface area is 126 Å². The van der Waals surface area contributed by atoms with Crippen molar-refractivity contribution >= 4 is 17.7 Å². The molecule has 0 radical (unpaired) electrons. The van der Waals surface area contributed by atoms with E-state index in [2.05, 4.69) is 20.3 Å². The lowest BCUT2D eigenvalue weighted by atomic mass is 10.2. The molecule has 2 rings (SSSR count). The lowest BCUT2D eigenvalue weighted by Gasteiger charge is -2.07. The van der Waals surface area contributed by atoms with Gasteiger partial charge < -0.3 is 9.15 Å². The summed E-state index contributed by atoms with van der Waals surface area (Å²) in [6.07, 6.45) is 4.12. The van der Waals surface area contributed by atoms with Crippen molar-refractivity contribution in [2.45, 2.75) is 43.7 Å². The van der Waals surface area contributed by atoms with Crippen LogP contribution >= 0.6 is 11.8 Å². The third-order valence-corrected chi connectivity index (χ3v) is 3.58. The number of esters is 1. The van der Waals surface area contributed by atoms with Crippen LogP contribution in [0.3, 0.4) is 0 Å². The zero-order valence-corrected chi connectivity index (χ0v) is 12.7. The molecule has 2 heterocycles. The van der Waals surface area contributed by atoms with Gasteiger partial charge in [-0.2, -0.15) is 5.10 Å². The number of hydrogen-bond acceptors (Lipinski definition) is 8. The standard InChI is InChI=1S/C12H17N5O3S/c1-3-19-11(18)5-4-9(2)21-12-16-15-10(20-12)6-17-8-13-7-14-17/h7-9H,3-6H2,1-2H3/t9-/m0/s1. The first-order valence-corrected chi connectivity index (χ1v) is 7.52. The van der Waals surface area contributed by atoms with Crippen molar-refractivity contribution < 1.29 is 13.9 Å². The van der Waals surface area contributed by atoms with E-state index < -0.39 is 0 Å². The fourth-order valence-electron chi connectivity index (χ4n) is 1.59. The minimum absolute atomic E-state index is 0.178. The Bertz CT molecular complexity index is 557. The maximum absolute atomic E-state index is 11.3. The van der Waals surface area contributed by atoms with Gasteiger partial charge in [0.2, 0.25) is 5.89 Å². The van der Waals surface area contributed by atoms with Crippen molar-refractivity contribution in [2.75, 3.05) is 6.61 Å². The summed E-state index contributed by atoms with van der Waals surface area (Å²) in [5, 5.41) is 12.6. The highest BCUT2D eigenvalue weighted by Gasteiger charge is 2.13. The van der Waals surface area contributed by atoms with Gasteiger partial charge in [-0.15, -0.1) is 10.2 Å². The lowest BCUT2D eigenvalue weighted by molar-refractivity contribution is -0.143. The van der Waals surface area contributed by atoms with E-state index in [-0.39, 0.29) is 11.2 Å². The van der Waals surface area contributed by atoms with Crippen LogP contribution in [0.5, 0.6) is 0 Å². The van der Waals surface area contributed by atoms with Crippen LogP contribution in [0.1, 0.15) is 32.6 Å². The molecule has 0 amide bonds. The van der Waals surface area contributed by atoms with Gasteiger partial charge in [0, 0.05) is 11.7 Å². The number of hydrogen-bond donors (Lipinski definition) is 0. The summed E-state index contributed by atoms with van der Waals surface area (Å²) in [4.78, 5) is 15.1. The number of carbonyl (C=O) groups is 1. The molecule has 0 aliphatic carbocycles. The van der Waals surface area contributed by atoms with Crippen LogP contribution in [0.2, 0.25) is 0 Å². The Morgan fingerprint density at radius 1 is 1.52 bits per heavy atom. The Balaban J connectivity index is 1.77. The van der Waals surface area contributed by atoms with Gasteiger partial charge in [0.1, 0.15) is 19.2 Å². The van der Waals surface area contributed by atoms with E-state index in [1.807, 2.05) is 6.92 Å². The van der Waals surface area contributed by atoms with Gasteiger partial charge in [0.05, 0.1) is 6.61 Å². The number of aromatic nitrogens is 5. The van der Waals surface area contributed by atoms with Crippen LogP contribution in [0, 0.1) is 0 Å². The molecule has 9 heteroatoms. The van der Waals surface area contributed by atoms with Crippen molar-refractivity contribution in [1.29, 1.82) is 0 Å². The van der Waals surface area contributed by atoms with Crippen molar-refractivity contribution in [3.63, 3.8) is 0 Å². The molecule has 2 aromatic rings. The molecule has 0 spiro atoms. The molecular formula is C12H17N5O3S. The summed E-state index contributed by atoms with van der Waals surface area (Å²) < 4.78 is 12.0. The molecule has 0 fully saturated rings. The quantitative estimate of drug-likeness (QED) is 0.535. The fourth-order valence-corrected chi connectivity index (χ4v) is 2.40. The van der Waals surface area contributed by atoms with Gasteiger partial charge in [-0.3, -0.25) is 4.79 Å². The Morgan fingerprint density at radius 3 is 3.10 bits per heavy atom. The summed E-state index contributed by atoms with van der Waals surface area (Å²) in [7, 11) is 0. The van der Waals surface area contributed by atoms with Crippen molar-refractivity contribution in [3.05, 3.63) is 18.5 Å². The first kappa shape index (κ1) is 15.5. The minimum atomic E-state index is -0.178. The average molecular weight is 311 g/mol. The Hall–Kier alpha value is -1.90. The van der Waals surface area contributed by atoms with Crippen LogP contribution in [0.25, 0.3) is 0 Å². The van der Waals surface area contributed by atoms with Gasteiger partial charge in [0.25, 0.3) is 5.22 Å². The summed E-state index contributed by atoms with van der Waals surface area (Å²) in [5.74, 6) is 0.294. The zero-order chi connectivity index (χ0) is 15.1. The molecule has 0 N–H and O–H groups in total. The van der Waals surface area contributed by atoms with Gasteiger partial charge in [0.15, 0.2) is 0 Å². The summed E-state index contributed by atoms with van der Waals surface area (Å²) in [5.41, 5.74) is 0. The molecule has 114 valence electrons. The molecule has 8 nitrogen and oxygen atoms in total. The molecule has 2 aromatic heterocycles. The second-order valence-electron chi connectivity index (χ2n) is 4.33. The number of thioether (sulfide) groups is 1. The zero-order valence-electron chi connectivity index (χ0n) is 11.9. The second kappa shape index (κ2) is 7.77. The van der Waals surface area contributed by atoms with Crippen LogP contribution in [0.4, 0.5) is 0 Å². The van der Waals surface area contributed by atoms with E-state index in [0.717, 1.165) is 0 Å². The largest absolute Gasteiger partial charge is 0.466 e. The number of rotatable bonds is 8. The smallest absolute Gasteiger partial charge is 0.305 e. The molecule has 0 aromatic carbocycles. The summed E-state index contributed by atoms with van der Waals surface area (Å²) in [6, 6.07) is 0. The van der Waals surface area contributed by atoms with Gasteiger partial charge in [-0.1, -0.05) is 18.7 Å². The van der Waals surface area contributed by atoms with Crippen molar-refractivity contribution in [1.82, 2.24) is 25.0 Å². The van der Waals surface area contributed by atoms with Gasteiger partial charge in [-0.05, 0) is 13.3 Å². The lowest BCUT2D eigenvalue weighted by Crippen LogP contribution is -2.07. The van der Waals surface area contributed by atoms with E-state index >= 15 is 0 Å². The first-order valence-electron chi connectivity index (χ1n) is 6.64. The number of carbonyl (C=O) groups excluding carboxylic acids is 1. The third-order valence-electron chi connectivity index (χ3n) is 2.57. The number of nitrogens with zero attached hydrogens (tertiary/aromatic N) is 5. The van der Waals surface area contributed by atoms with E-state index in [1.165, 1.54) is 18.1 Å². The Morgan fingerprint density at radius 2 is 2.38 bits per heavy atom. The highest BCUT2D eigenvalue weighted by Crippen LogP contribution is 2.24. The molecule has 0 saturated heterocycles. The van der Waals surface area contributed by atoms with E-state index in [4.69, 9.17) is 9.15 Å². The molecule has 0 saturated carbocycles. The monoisotopic (exact) mass is 311 g/mol. The molecule has 0 aliphatic heterocycles. The Kier molecular flexibility index (Phi) is 5.73. The highest BCUT2D eigenvalue weighted by molar-refractivity contribution is 7.99. The van der Waals surface area contributed by atoms with Crippen molar-refractivity contribution in [2.24, 2.45) is 0 Å². The molecular weight excluding hydrogens is 294 g/mol. The van der Waals surface area contributed by atoms with E-state index in [0.29, 0.717) is 37.1 Å². The first-order chi connectivity index (χ1) is 10.2. The summed E-state index contributed by atoms with van der Waals surface area (Å²) >= 11 is 1.44. The number of ether oxygens (including phenoxy) is 1.